The number of halogens is 2. The number of amides is 1. The molecule has 1 fully saturated rings. The molecule has 18 heavy (non-hydrogen) atoms. The van der Waals surface area contributed by atoms with Crippen LogP contribution < -0.4 is 10.2 Å². The average molecular weight is 269 g/mol. The van der Waals surface area contributed by atoms with Crippen LogP contribution in [0.2, 0.25) is 5.02 Å². The molecule has 3 rings (SSSR count). The van der Waals surface area contributed by atoms with E-state index < -0.39 is 5.82 Å². The zero-order valence-corrected chi connectivity index (χ0v) is 10.6. The molecule has 1 saturated carbocycles. The first-order valence-electron chi connectivity index (χ1n) is 6.20. The minimum atomic E-state index is -0.436. The monoisotopic (exact) mass is 268 g/mol. The van der Waals surface area contributed by atoms with Crippen molar-refractivity contribution in [3.63, 3.8) is 0 Å². The number of rotatable bonds is 1. The van der Waals surface area contributed by atoms with Crippen molar-refractivity contribution in [2.75, 3.05) is 16.8 Å². The summed E-state index contributed by atoms with van der Waals surface area (Å²) in [6.07, 6.45) is 4.48. The first-order chi connectivity index (χ1) is 8.65. The number of fused-ring (bicyclic) bond motifs is 1. The predicted molar refractivity (Wildman–Crippen MR) is 69.6 cm³/mol. The summed E-state index contributed by atoms with van der Waals surface area (Å²) in [4.78, 5) is 13.7. The van der Waals surface area contributed by atoms with Gasteiger partial charge in [0.05, 0.1) is 22.9 Å². The second-order valence-electron chi connectivity index (χ2n) is 4.90. The molecule has 3 nitrogen and oxygen atoms in total. The molecule has 2 aliphatic rings. The summed E-state index contributed by atoms with van der Waals surface area (Å²) in [5, 5.41) is 2.79. The molecular weight excluding hydrogens is 255 g/mol. The maximum atomic E-state index is 13.6. The van der Waals surface area contributed by atoms with Crippen LogP contribution in [0.3, 0.4) is 0 Å². The zero-order valence-electron chi connectivity index (χ0n) is 9.88. The highest BCUT2D eigenvalue weighted by Crippen LogP contribution is 2.38. The van der Waals surface area contributed by atoms with E-state index in [4.69, 9.17) is 11.6 Å². The SMILES string of the molecule is O=C1CN(C2CCCC2)c2cc(F)c(Cl)cc2N1. The van der Waals surface area contributed by atoms with Gasteiger partial charge in [0.1, 0.15) is 5.82 Å². The lowest BCUT2D eigenvalue weighted by Crippen LogP contribution is -2.43. The first kappa shape index (κ1) is 11.8. The van der Waals surface area contributed by atoms with Crippen LogP contribution in [-0.4, -0.2) is 18.5 Å². The van der Waals surface area contributed by atoms with Gasteiger partial charge >= 0.3 is 0 Å². The Kier molecular flexibility index (Phi) is 2.90. The summed E-state index contributed by atoms with van der Waals surface area (Å²) in [6.45, 7) is 0.304. The maximum Gasteiger partial charge on any atom is 0.243 e. The van der Waals surface area contributed by atoms with Gasteiger partial charge in [0.25, 0.3) is 0 Å². The fourth-order valence-corrected chi connectivity index (χ4v) is 3.01. The van der Waals surface area contributed by atoms with Crippen molar-refractivity contribution in [3.05, 3.63) is 23.0 Å². The van der Waals surface area contributed by atoms with E-state index in [2.05, 4.69) is 5.32 Å². The summed E-state index contributed by atoms with van der Waals surface area (Å²) in [5.74, 6) is -0.494. The maximum absolute atomic E-state index is 13.6. The highest BCUT2D eigenvalue weighted by molar-refractivity contribution is 6.31. The number of nitrogens with one attached hydrogen (secondary N) is 1. The minimum absolute atomic E-state index is 0.0438. The first-order valence-corrected chi connectivity index (χ1v) is 6.58. The van der Waals surface area contributed by atoms with E-state index in [-0.39, 0.29) is 10.9 Å². The van der Waals surface area contributed by atoms with Crippen LogP contribution in [0.4, 0.5) is 15.8 Å². The lowest BCUT2D eigenvalue weighted by molar-refractivity contribution is -0.115. The fraction of sp³-hybridized carbons (Fsp3) is 0.462. The van der Waals surface area contributed by atoms with Crippen molar-refractivity contribution < 1.29 is 9.18 Å². The Morgan fingerprint density at radius 2 is 2.06 bits per heavy atom. The molecule has 1 aliphatic heterocycles. The Labute approximate surface area is 110 Å². The predicted octanol–water partition coefficient (Wildman–Crippen LogP) is 3.18. The van der Waals surface area contributed by atoms with Gasteiger partial charge in [-0.2, -0.15) is 0 Å². The largest absolute Gasteiger partial charge is 0.357 e. The third-order valence-electron chi connectivity index (χ3n) is 3.70. The highest BCUT2D eigenvalue weighted by atomic mass is 35.5. The molecule has 1 aromatic carbocycles. The van der Waals surface area contributed by atoms with Crippen LogP contribution >= 0.6 is 11.6 Å². The topological polar surface area (TPSA) is 32.3 Å². The standard InChI is InChI=1S/C13H14ClFN2O/c14-9-5-11-12(6-10(9)15)17(7-13(18)16-11)8-3-1-2-4-8/h5-6,8H,1-4,7H2,(H,16,18). The van der Waals surface area contributed by atoms with Crippen molar-refractivity contribution in [3.8, 4) is 0 Å². The normalized spacial score (nSPS) is 19.9. The summed E-state index contributed by atoms with van der Waals surface area (Å²) < 4.78 is 13.6. The quantitative estimate of drug-likeness (QED) is 0.848. The van der Waals surface area contributed by atoms with Gasteiger partial charge in [0.15, 0.2) is 0 Å². The van der Waals surface area contributed by atoms with Crippen LogP contribution in [0.25, 0.3) is 0 Å². The average Bonchev–Trinajstić information content (AvgIpc) is 2.84. The van der Waals surface area contributed by atoms with Gasteiger partial charge in [-0.1, -0.05) is 24.4 Å². The fourth-order valence-electron chi connectivity index (χ4n) is 2.85. The molecule has 1 N–H and O–H groups in total. The second-order valence-corrected chi connectivity index (χ2v) is 5.31. The van der Waals surface area contributed by atoms with Gasteiger partial charge < -0.3 is 10.2 Å². The van der Waals surface area contributed by atoms with Crippen molar-refractivity contribution in [1.29, 1.82) is 0 Å². The van der Waals surface area contributed by atoms with Gasteiger partial charge in [-0.15, -0.1) is 0 Å². The number of anilines is 2. The molecule has 0 atom stereocenters. The van der Waals surface area contributed by atoms with Gasteiger partial charge in [0.2, 0.25) is 5.91 Å². The molecular formula is C13H14ClFN2O. The molecule has 0 bridgehead atoms. The van der Waals surface area contributed by atoms with Crippen molar-refractivity contribution in [2.45, 2.75) is 31.7 Å². The molecule has 1 aliphatic carbocycles. The van der Waals surface area contributed by atoms with Crippen molar-refractivity contribution >= 4 is 28.9 Å². The molecule has 1 aromatic rings. The van der Waals surface area contributed by atoms with E-state index in [1.165, 1.54) is 25.0 Å². The Balaban J connectivity index is 2.02. The molecule has 1 heterocycles. The molecule has 0 saturated heterocycles. The summed E-state index contributed by atoms with van der Waals surface area (Å²) in [5.41, 5.74) is 1.37. The molecule has 0 unspecified atom stereocenters. The number of hydrogen-bond acceptors (Lipinski definition) is 2. The van der Waals surface area contributed by atoms with Gasteiger partial charge in [0, 0.05) is 12.1 Å². The number of carbonyl (C=O) groups excluding carboxylic acids is 1. The lowest BCUT2D eigenvalue weighted by atomic mass is 10.1. The van der Waals surface area contributed by atoms with Crippen LogP contribution in [0.15, 0.2) is 12.1 Å². The lowest BCUT2D eigenvalue weighted by Gasteiger charge is -2.35. The third-order valence-corrected chi connectivity index (χ3v) is 3.99. The number of benzene rings is 1. The molecule has 0 spiro atoms. The minimum Gasteiger partial charge on any atom is -0.357 e. The Morgan fingerprint density at radius 3 is 2.78 bits per heavy atom. The summed E-state index contributed by atoms with van der Waals surface area (Å²) >= 11 is 5.76. The molecule has 96 valence electrons. The molecule has 5 heteroatoms. The van der Waals surface area contributed by atoms with E-state index >= 15 is 0 Å². The number of hydrogen-bond donors (Lipinski definition) is 1. The Morgan fingerprint density at radius 1 is 1.33 bits per heavy atom. The van der Waals surface area contributed by atoms with Crippen LogP contribution in [-0.2, 0) is 4.79 Å². The van der Waals surface area contributed by atoms with Gasteiger partial charge in [-0.25, -0.2) is 4.39 Å². The Hall–Kier alpha value is -1.29. The van der Waals surface area contributed by atoms with Crippen LogP contribution in [0, 0.1) is 5.82 Å². The second kappa shape index (κ2) is 4.43. The van der Waals surface area contributed by atoms with E-state index in [1.54, 1.807) is 0 Å². The number of carbonyl (C=O) groups is 1. The third kappa shape index (κ3) is 1.94. The van der Waals surface area contributed by atoms with E-state index in [0.717, 1.165) is 18.5 Å². The van der Waals surface area contributed by atoms with E-state index in [0.29, 0.717) is 18.3 Å². The van der Waals surface area contributed by atoms with Gasteiger partial charge in [-0.05, 0) is 18.9 Å². The smallest absolute Gasteiger partial charge is 0.243 e. The molecule has 0 radical (unpaired) electrons. The summed E-state index contributed by atoms with van der Waals surface area (Å²) in [6, 6.07) is 3.26. The Bertz CT molecular complexity index is 500. The molecule has 0 aromatic heterocycles. The molecule has 1 amide bonds. The number of nitrogens with zero attached hydrogens (tertiary/aromatic N) is 1. The van der Waals surface area contributed by atoms with Crippen molar-refractivity contribution in [2.24, 2.45) is 0 Å². The van der Waals surface area contributed by atoms with Gasteiger partial charge in [-0.3, -0.25) is 4.79 Å². The van der Waals surface area contributed by atoms with E-state index in [9.17, 15) is 9.18 Å². The van der Waals surface area contributed by atoms with Crippen LogP contribution in [0.5, 0.6) is 0 Å². The van der Waals surface area contributed by atoms with Crippen molar-refractivity contribution in [1.82, 2.24) is 0 Å². The summed E-state index contributed by atoms with van der Waals surface area (Å²) in [7, 11) is 0. The van der Waals surface area contributed by atoms with E-state index in [1.807, 2.05) is 4.90 Å². The highest BCUT2D eigenvalue weighted by Gasteiger charge is 2.30. The van der Waals surface area contributed by atoms with Crippen LogP contribution in [0.1, 0.15) is 25.7 Å². The zero-order chi connectivity index (χ0) is 12.7.